The largest absolute Gasteiger partial charge is 0.495 e. The topological polar surface area (TPSA) is 47.3 Å². The molecule has 0 unspecified atom stereocenters. The molecule has 0 bridgehead atoms. The molecule has 0 radical (unpaired) electrons. The Morgan fingerprint density at radius 3 is 2.67 bits per heavy atom. The smallest absolute Gasteiger partial charge is 0.143 e. The molecular weight excluding hydrogens is 183 g/mol. The standard InChI is InChI=1S/C7H9FN2O.ClH/c1-11-7-3-2-5(8)4-6(7)10-9;/h2-4,10H,9H2,1H3;1H. The van der Waals surface area contributed by atoms with Crippen LogP contribution < -0.4 is 16.0 Å². The summed E-state index contributed by atoms with van der Waals surface area (Å²) in [4.78, 5) is 0. The molecule has 5 heteroatoms. The third kappa shape index (κ3) is 2.25. The molecule has 3 N–H and O–H groups in total. The zero-order valence-corrected chi connectivity index (χ0v) is 7.32. The van der Waals surface area contributed by atoms with Gasteiger partial charge in [0.2, 0.25) is 0 Å². The first kappa shape index (κ1) is 11.0. The Balaban J connectivity index is 0.00000121. The van der Waals surface area contributed by atoms with Crippen molar-refractivity contribution in [1.82, 2.24) is 0 Å². The first-order chi connectivity index (χ1) is 5.27. The Hall–Kier alpha value is -1.00. The maximum atomic E-state index is 12.5. The Labute approximate surface area is 76.1 Å². The van der Waals surface area contributed by atoms with Gasteiger partial charge in [0.05, 0.1) is 12.8 Å². The molecule has 0 amide bonds. The Morgan fingerprint density at radius 1 is 1.50 bits per heavy atom. The zero-order valence-electron chi connectivity index (χ0n) is 6.50. The summed E-state index contributed by atoms with van der Waals surface area (Å²) in [6, 6.07) is 4.07. The summed E-state index contributed by atoms with van der Waals surface area (Å²) in [5.74, 6) is 5.27. The quantitative estimate of drug-likeness (QED) is 0.552. The number of nitrogens with one attached hydrogen (secondary N) is 1. The van der Waals surface area contributed by atoms with E-state index < -0.39 is 0 Å². The molecule has 0 saturated heterocycles. The summed E-state index contributed by atoms with van der Waals surface area (Å²) in [6.45, 7) is 0. The van der Waals surface area contributed by atoms with Crippen molar-refractivity contribution in [3.05, 3.63) is 24.0 Å². The van der Waals surface area contributed by atoms with Gasteiger partial charge in [-0.1, -0.05) is 0 Å². The minimum absolute atomic E-state index is 0. The molecule has 0 aliphatic heterocycles. The van der Waals surface area contributed by atoms with Crippen LogP contribution in [-0.4, -0.2) is 7.11 Å². The van der Waals surface area contributed by atoms with Crippen LogP contribution in [0, 0.1) is 5.82 Å². The van der Waals surface area contributed by atoms with Gasteiger partial charge in [0.1, 0.15) is 11.6 Å². The van der Waals surface area contributed by atoms with Crippen LogP contribution in [0.2, 0.25) is 0 Å². The van der Waals surface area contributed by atoms with E-state index in [4.69, 9.17) is 10.6 Å². The van der Waals surface area contributed by atoms with Gasteiger partial charge >= 0.3 is 0 Å². The highest BCUT2D eigenvalue weighted by molar-refractivity contribution is 5.85. The van der Waals surface area contributed by atoms with Crippen LogP contribution in [0.5, 0.6) is 5.75 Å². The molecule has 0 saturated carbocycles. The lowest BCUT2D eigenvalue weighted by molar-refractivity contribution is 0.415. The molecule has 0 atom stereocenters. The summed E-state index contributed by atoms with van der Waals surface area (Å²) in [5.41, 5.74) is 2.76. The molecule has 3 nitrogen and oxygen atoms in total. The normalized spacial score (nSPS) is 8.58. The van der Waals surface area contributed by atoms with E-state index in [0.29, 0.717) is 11.4 Å². The third-order valence-electron chi connectivity index (χ3n) is 1.32. The predicted octanol–water partition coefficient (Wildman–Crippen LogP) is 1.54. The minimum atomic E-state index is -0.348. The fraction of sp³-hybridized carbons (Fsp3) is 0.143. The molecule has 1 aromatic rings. The number of hydrazine groups is 1. The Kier molecular flexibility index (Phi) is 4.39. The average Bonchev–Trinajstić information content (AvgIpc) is 2.04. The van der Waals surface area contributed by atoms with Crippen molar-refractivity contribution in [2.45, 2.75) is 0 Å². The van der Waals surface area contributed by atoms with Crippen LogP contribution in [-0.2, 0) is 0 Å². The molecular formula is C7H10ClFN2O. The lowest BCUT2D eigenvalue weighted by Crippen LogP contribution is -2.08. The van der Waals surface area contributed by atoms with Gasteiger partial charge in [-0.2, -0.15) is 0 Å². The molecule has 1 rings (SSSR count). The fourth-order valence-corrected chi connectivity index (χ4v) is 0.793. The molecule has 12 heavy (non-hydrogen) atoms. The van der Waals surface area contributed by atoms with Crippen LogP contribution in [0.1, 0.15) is 0 Å². The number of methoxy groups -OCH3 is 1. The van der Waals surface area contributed by atoms with Gasteiger partial charge in [0.15, 0.2) is 0 Å². The number of halogens is 2. The van der Waals surface area contributed by atoms with E-state index in [-0.39, 0.29) is 18.2 Å². The third-order valence-corrected chi connectivity index (χ3v) is 1.32. The van der Waals surface area contributed by atoms with Gasteiger partial charge in [-0.15, -0.1) is 12.4 Å². The number of rotatable bonds is 2. The first-order valence-corrected chi connectivity index (χ1v) is 3.08. The van der Waals surface area contributed by atoms with Crippen molar-refractivity contribution >= 4 is 18.1 Å². The van der Waals surface area contributed by atoms with Gasteiger partial charge in [-0.25, -0.2) is 4.39 Å². The SMILES string of the molecule is COc1ccc(F)cc1NN.Cl. The van der Waals surface area contributed by atoms with Crippen molar-refractivity contribution < 1.29 is 9.13 Å². The van der Waals surface area contributed by atoms with Crippen molar-refractivity contribution in [2.24, 2.45) is 5.84 Å². The molecule has 0 aromatic heterocycles. The van der Waals surface area contributed by atoms with Gasteiger partial charge in [-0.3, -0.25) is 5.84 Å². The highest BCUT2D eigenvalue weighted by Gasteiger charge is 2.00. The lowest BCUT2D eigenvalue weighted by atomic mass is 10.3. The average molecular weight is 193 g/mol. The zero-order chi connectivity index (χ0) is 8.27. The summed E-state index contributed by atoms with van der Waals surface area (Å²) in [5, 5.41) is 0. The maximum Gasteiger partial charge on any atom is 0.143 e. The van der Waals surface area contributed by atoms with E-state index in [2.05, 4.69) is 5.43 Å². The van der Waals surface area contributed by atoms with Crippen LogP contribution in [0.3, 0.4) is 0 Å². The van der Waals surface area contributed by atoms with E-state index in [9.17, 15) is 4.39 Å². The number of hydrogen-bond donors (Lipinski definition) is 2. The van der Waals surface area contributed by atoms with E-state index in [0.717, 1.165) is 0 Å². The number of nitrogen functional groups attached to an aromatic ring is 1. The van der Waals surface area contributed by atoms with E-state index in [1.165, 1.54) is 25.3 Å². The molecule has 0 spiro atoms. The predicted molar refractivity (Wildman–Crippen MR) is 48.0 cm³/mol. The number of ether oxygens (including phenoxy) is 1. The Morgan fingerprint density at radius 2 is 2.17 bits per heavy atom. The van der Waals surface area contributed by atoms with Crippen molar-refractivity contribution in [1.29, 1.82) is 0 Å². The minimum Gasteiger partial charge on any atom is -0.495 e. The van der Waals surface area contributed by atoms with Crippen LogP contribution >= 0.6 is 12.4 Å². The highest BCUT2D eigenvalue weighted by atomic mass is 35.5. The molecule has 0 fully saturated rings. The second-order valence-electron chi connectivity index (χ2n) is 1.99. The van der Waals surface area contributed by atoms with Gasteiger partial charge in [0, 0.05) is 6.07 Å². The van der Waals surface area contributed by atoms with Gasteiger partial charge in [-0.05, 0) is 12.1 Å². The number of benzene rings is 1. The van der Waals surface area contributed by atoms with Crippen LogP contribution in [0.4, 0.5) is 10.1 Å². The van der Waals surface area contributed by atoms with Crippen molar-refractivity contribution in [2.75, 3.05) is 12.5 Å². The van der Waals surface area contributed by atoms with Crippen LogP contribution in [0.25, 0.3) is 0 Å². The van der Waals surface area contributed by atoms with E-state index in [1.807, 2.05) is 0 Å². The number of hydrogen-bond acceptors (Lipinski definition) is 3. The summed E-state index contributed by atoms with van der Waals surface area (Å²) >= 11 is 0. The molecule has 68 valence electrons. The Bertz CT molecular complexity index is 257. The molecule has 0 heterocycles. The summed E-state index contributed by atoms with van der Waals surface area (Å²) in [6.07, 6.45) is 0. The summed E-state index contributed by atoms with van der Waals surface area (Å²) in [7, 11) is 1.49. The number of anilines is 1. The van der Waals surface area contributed by atoms with Crippen molar-refractivity contribution in [3.63, 3.8) is 0 Å². The first-order valence-electron chi connectivity index (χ1n) is 3.08. The monoisotopic (exact) mass is 192 g/mol. The maximum absolute atomic E-state index is 12.5. The van der Waals surface area contributed by atoms with Crippen molar-refractivity contribution in [3.8, 4) is 5.75 Å². The lowest BCUT2D eigenvalue weighted by Gasteiger charge is -2.06. The second-order valence-corrected chi connectivity index (χ2v) is 1.99. The molecule has 0 aliphatic carbocycles. The summed E-state index contributed by atoms with van der Waals surface area (Å²) < 4.78 is 17.4. The van der Waals surface area contributed by atoms with E-state index in [1.54, 1.807) is 0 Å². The molecule has 0 aliphatic rings. The fourth-order valence-electron chi connectivity index (χ4n) is 0.793. The number of nitrogens with two attached hydrogens (primary N) is 1. The van der Waals surface area contributed by atoms with E-state index >= 15 is 0 Å². The molecule has 1 aromatic carbocycles. The van der Waals surface area contributed by atoms with Gasteiger partial charge in [0.25, 0.3) is 0 Å². The second kappa shape index (κ2) is 4.79. The van der Waals surface area contributed by atoms with Gasteiger partial charge < -0.3 is 10.2 Å². The van der Waals surface area contributed by atoms with Crippen LogP contribution in [0.15, 0.2) is 18.2 Å². The highest BCUT2D eigenvalue weighted by Crippen LogP contribution is 2.23.